The second kappa shape index (κ2) is 2.94. The summed E-state index contributed by atoms with van der Waals surface area (Å²) < 4.78 is 13.4. The van der Waals surface area contributed by atoms with Gasteiger partial charge in [-0.25, -0.2) is 4.39 Å². The standard InChI is InChI=1S/C7H11BClFO/c1-4-5(3-11)2-6(8)7(4,9)10/h4-6,11H,2-3H2,1H3/t4-,5-,6-,7-/m1/s1. The molecule has 0 aromatic carbocycles. The minimum atomic E-state index is -1.83. The number of aliphatic hydroxyl groups excluding tert-OH is 1. The molecular formula is C7H11BClFO. The van der Waals surface area contributed by atoms with E-state index in [9.17, 15) is 4.39 Å². The van der Waals surface area contributed by atoms with Gasteiger partial charge in [0.2, 0.25) is 0 Å². The second-order valence-corrected chi connectivity index (χ2v) is 3.83. The molecule has 0 heterocycles. The summed E-state index contributed by atoms with van der Waals surface area (Å²) in [5.74, 6) is -1.09. The molecule has 1 rings (SSSR count). The number of rotatable bonds is 1. The van der Waals surface area contributed by atoms with Gasteiger partial charge in [0.05, 0.1) is 7.85 Å². The third kappa shape index (κ3) is 1.41. The molecule has 1 N–H and O–H groups in total. The molecule has 0 bridgehead atoms. The van der Waals surface area contributed by atoms with Crippen LogP contribution in [0.25, 0.3) is 0 Å². The first-order valence-electron chi connectivity index (χ1n) is 3.74. The first kappa shape index (κ1) is 9.33. The lowest BCUT2D eigenvalue weighted by molar-refractivity contribution is 0.151. The van der Waals surface area contributed by atoms with Crippen LogP contribution in [0.5, 0.6) is 0 Å². The van der Waals surface area contributed by atoms with Crippen LogP contribution in [0.1, 0.15) is 13.3 Å². The molecule has 2 radical (unpaired) electrons. The molecule has 11 heavy (non-hydrogen) atoms. The molecule has 1 saturated carbocycles. The van der Waals surface area contributed by atoms with Gasteiger partial charge < -0.3 is 5.11 Å². The number of hydrogen-bond donors (Lipinski definition) is 1. The van der Waals surface area contributed by atoms with Crippen molar-refractivity contribution in [2.24, 2.45) is 11.8 Å². The number of alkyl halides is 2. The highest BCUT2D eigenvalue weighted by molar-refractivity contribution is 6.29. The molecule has 0 saturated heterocycles. The maximum atomic E-state index is 13.4. The highest BCUT2D eigenvalue weighted by atomic mass is 35.5. The van der Waals surface area contributed by atoms with E-state index in [0.717, 1.165) is 0 Å². The average Bonchev–Trinajstić information content (AvgIpc) is 2.14. The molecule has 0 aromatic rings. The van der Waals surface area contributed by atoms with Gasteiger partial charge in [0.25, 0.3) is 0 Å². The van der Waals surface area contributed by atoms with Gasteiger partial charge in [-0.2, -0.15) is 0 Å². The summed E-state index contributed by atoms with van der Waals surface area (Å²) in [5.41, 5.74) is 0. The molecule has 4 atom stereocenters. The Labute approximate surface area is 72.3 Å². The summed E-state index contributed by atoms with van der Waals surface area (Å²) in [6.45, 7) is 1.65. The Kier molecular flexibility index (Phi) is 2.50. The Morgan fingerprint density at radius 1 is 1.82 bits per heavy atom. The third-order valence-corrected chi connectivity index (χ3v) is 3.22. The average molecular weight is 176 g/mol. The van der Waals surface area contributed by atoms with E-state index in [4.69, 9.17) is 24.6 Å². The molecule has 0 spiro atoms. The van der Waals surface area contributed by atoms with Gasteiger partial charge >= 0.3 is 0 Å². The largest absolute Gasteiger partial charge is 0.396 e. The molecule has 1 nitrogen and oxygen atoms in total. The zero-order valence-electron chi connectivity index (χ0n) is 6.43. The van der Waals surface area contributed by atoms with Gasteiger partial charge in [-0.05, 0) is 18.2 Å². The first-order chi connectivity index (χ1) is 5.00. The number of halogens is 2. The molecule has 0 unspecified atom stereocenters. The van der Waals surface area contributed by atoms with E-state index >= 15 is 0 Å². The minimum Gasteiger partial charge on any atom is -0.396 e. The number of aliphatic hydroxyl groups is 1. The van der Waals surface area contributed by atoms with Crippen LogP contribution in [0.15, 0.2) is 0 Å². The van der Waals surface area contributed by atoms with E-state index in [1.165, 1.54) is 0 Å². The second-order valence-electron chi connectivity index (χ2n) is 3.25. The molecule has 1 aliphatic carbocycles. The van der Waals surface area contributed by atoms with Crippen LogP contribution in [0.2, 0.25) is 5.82 Å². The SMILES string of the molecule is [B][C@@H]1C[C@H](CO)[C@@H](C)[C@]1(F)Cl. The fourth-order valence-electron chi connectivity index (χ4n) is 1.57. The van der Waals surface area contributed by atoms with E-state index < -0.39 is 10.9 Å². The van der Waals surface area contributed by atoms with Crippen LogP contribution in [0, 0.1) is 11.8 Å². The Bertz CT molecular complexity index is 153. The van der Waals surface area contributed by atoms with Gasteiger partial charge in [0, 0.05) is 12.5 Å². The third-order valence-electron chi connectivity index (χ3n) is 2.60. The quantitative estimate of drug-likeness (QED) is 0.474. The van der Waals surface area contributed by atoms with E-state index in [1.54, 1.807) is 6.92 Å². The van der Waals surface area contributed by atoms with E-state index in [-0.39, 0.29) is 18.4 Å². The van der Waals surface area contributed by atoms with Crippen LogP contribution in [0.4, 0.5) is 4.39 Å². The fourth-order valence-corrected chi connectivity index (χ4v) is 1.84. The van der Waals surface area contributed by atoms with Crippen molar-refractivity contribution < 1.29 is 9.50 Å². The first-order valence-corrected chi connectivity index (χ1v) is 4.12. The predicted molar refractivity (Wildman–Crippen MR) is 43.6 cm³/mol. The minimum absolute atomic E-state index is 0.0345. The predicted octanol–water partition coefficient (Wildman–Crippen LogP) is 1.50. The Morgan fingerprint density at radius 2 is 2.36 bits per heavy atom. The van der Waals surface area contributed by atoms with Crippen LogP contribution in [0.3, 0.4) is 0 Å². The maximum Gasteiger partial charge on any atom is 0.181 e. The highest BCUT2D eigenvalue weighted by Gasteiger charge is 2.49. The lowest BCUT2D eigenvalue weighted by Crippen LogP contribution is -2.25. The smallest absolute Gasteiger partial charge is 0.181 e. The molecule has 1 fully saturated rings. The van der Waals surface area contributed by atoms with Gasteiger partial charge in [-0.1, -0.05) is 18.5 Å². The van der Waals surface area contributed by atoms with E-state index in [0.29, 0.717) is 6.42 Å². The molecule has 0 aromatic heterocycles. The molecule has 0 aliphatic heterocycles. The molecule has 62 valence electrons. The Morgan fingerprint density at radius 3 is 2.55 bits per heavy atom. The zero-order valence-corrected chi connectivity index (χ0v) is 7.18. The lowest BCUT2D eigenvalue weighted by atomic mass is 9.83. The normalized spacial score (nSPS) is 51.5. The Hall–Kier alpha value is 0.245. The van der Waals surface area contributed by atoms with Crippen molar-refractivity contribution in [3.05, 3.63) is 0 Å². The summed E-state index contributed by atoms with van der Waals surface area (Å²) in [6, 6.07) is 0. The van der Waals surface area contributed by atoms with E-state index in [1.807, 2.05) is 0 Å². The molecule has 0 amide bonds. The monoisotopic (exact) mass is 176 g/mol. The van der Waals surface area contributed by atoms with Crippen LogP contribution in [-0.4, -0.2) is 24.7 Å². The zero-order chi connectivity index (χ0) is 8.65. The van der Waals surface area contributed by atoms with Crippen molar-refractivity contribution in [1.29, 1.82) is 0 Å². The Balaban J connectivity index is 2.71. The summed E-state index contributed by atoms with van der Waals surface area (Å²) in [6.07, 6.45) is 0.470. The highest BCUT2D eigenvalue weighted by Crippen LogP contribution is 2.51. The summed E-state index contributed by atoms with van der Waals surface area (Å²) in [4.78, 5) is 0. The summed E-state index contributed by atoms with van der Waals surface area (Å²) >= 11 is 5.54. The topological polar surface area (TPSA) is 20.2 Å². The van der Waals surface area contributed by atoms with E-state index in [2.05, 4.69) is 0 Å². The van der Waals surface area contributed by atoms with Crippen molar-refractivity contribution in [2.45, 2.75) is 24.3 Å². The maximum absolute atomic E-state index is 13.4. The van der Waals surface area contributed by atoms with Crippen LogP contribution >= 0.6 is 11.6 Å². The van der Waals surface area contributed by atoms with Crippen LogP contribution in [-0.2, 0) is 0 Å². The van der Waals surface area contributed by atoms with Crippen molar-refractivity contribution in [3.8, 4) is 0 Å². The van der Waals surface area contributed by atoms with Gasteiger partial charge in [-0.3, -0.25) is 0 Å². The van der Waals surface area contributed by atoms with Crippen molar-refractivity contribution in [2.75, 3.05) is 6.61 Å². The summed E-state index contributed by atoms with van der Waals surface area (Å²) in [7, 11) is 5.45. The van der Waals surface area contributed by atoms with Gasteiger partial charge in [0.1, 0.15) is 0 Å². The van der Waals surface area contributed by atoms with Crippen molar-refractivity contribution in [1.82, 2.24) is 0 Å². The lowest BCUT2D eigenvalue weighted by Gasteiger charge is -2.22. The van der Waals surface area contributed by atoms with Crippen molar-refractivity contribution >= 4 is 19.4 Å². The molecule has 4 heteroatoms. The van der Waals surface area contributed by atoms with Crippen molar-refractivity contribution in [3.63, 3.8) is 0 Å². The molecule has 1 aliphatic rings. The molecular weight excluding hydrogens is 165 g/mol. The van der Waals surface area contributed by atoms with Gasteiger partial charge in [0.15, 0.2) is 5.13 Å². The van der Waals surface area contributed by atoms with Crippen LogP contribution < -0.4 is 0 Å². The number of hydrogen-bond acceptors (Lipinski definition) is 1. The summed E-state index contributed by atoms with van der Waals surface area (Å²) in [5, 5.41) is 6.98. The van der Waals surface area contributed by atoms with Gasteiger partial charge in [-0.15, -0.1) is 0 Å². The fraction of sp³-hybridized carbons (Fsp3) is 1.00.